The molecule has 3 aromatic rings. The largest absolute Gasteiger partial charge is 0.398 e. The molecule has 0 unspecified atom stereocenters. The molecule has 1 nitrogen and oxygen atoms in total. The number of rotatable bonds is 1. The summed E-state index contributed by atoms with van der Waals surface area (Å²) in [6.45, 7) is 2.02. The molecular formula is C17H14FN. The maximum Gasteiger partial charge on any atom is 0.123 e. The van der Waals surface area contributed by atoms with Crippen molar-refractivity contribution in [3.8, 4) is 11.1 Å². The average molecular weight is 251 g/mol. The van der Waals surface area contributed by atoms with Crippen molar-refractivity contribution < 1.29 is 4.39 Å². The first-order chi connectivity index (χ1) is 9.16. The molecule has 0 aliphatic heterocycles. The van der Waals surface area contributed by atoms with Gasteiger partial charge in [-0.1, -0.05) is 36.4 Å². The fourth-order valence-electron chi connectivity index (χ4n) is 2.48. The molecule has 3 rings (SSSR count). The quantitative estimate of drug-likeness (QED) is 0.631. The van der Waals surface area contributed by atoms with Crippen LogP contribution in [-0.2, 0) is 0 Å². The normalized spacial score (nSPS) is 10.8. The monoisotopic (exact) mass is 251 g/mol. The third kappa shape index (κ3) is 1.95. The Hall–Kier alpha value is -2.35. The summed E-state index contributed by atoms with van der Waals surface area (Å²) in [5, 5.41) is 2.23. The Morgan fingerprint density at radius 2 is 1.74 bits per heavy atom. The minimum Gasteiger partial charge on any atom is -0.398 e. The number of hydrogen-bond acceptors (Lipinski definition) is 1. The van der Waals surface area contributed by atoms with Gasteiger partial charge in [-0.25, -0.2) is 4.39 Å². The highest BCUT2D eigenvalue weighted by atomic mass is 19.1. The van der Waals surface area contributed by atoms with Crippen molar-refractivity contribution in [2.75, 3.05) is 5.73 Å². The number of aryl methyl sites for hydroxylation is 1. The molecular weight excluding hydrogens is 237 g/mol. The van der Waals surface area contributed by atoms with E-state index in [4.69, 9.17) is 5.73 Å². The van der Waals surface area contributed by atoms with Gasteiger partial charge in [0.2, 0.25) is 0 Å². The van der Waals surface area contributed by atoms with Gasteiger partial charge in [0.05, 0.1) is 0 Å². The average Bonchev–Trinajstić information content (AvgIpc) is 2.42. The van der Waals surface area contributed by atoms with Crippen molar-refractivity contribution >= 4 is 16.5 Å². The number of anilines is 1. The summed E-state index contributed by atoms with van der Waals surface area (Å²) >= 11 is 0. The van der Waals surface area contributed by atoms with Crippen LogP contribution in [0.4, 0.5) is 10.1 Å². The molecule has 0 fully saturated rings. The van der Waals surface area contributed by atoms with Crippen LogP contribution in [0.25, 0.3) is 21.9 Å². The van der Waals surface area contributed by atoms with Crippen molar-refractivity contribution in [3.05, 3.63) is 66.0 Å². The third-order valence-electron chi connectivity index (χ3n) is 3.42. The van der Waals surface area contributed by atoms with E-state index in [1.807, 2.05) is 37.3 Å². The second kappa shape index (κ2) is 4.39. The Balaban J connectivity index is 2.41. The minimum atomic E-state index is -0.267. The molecule has 0 bridgehead atoms. The molecule has 0 aliphatic carbocycles. The summed E-state index contributed by atoms with van der Waals surface area (Å²) in [6.07, 6.45) is 0. The molecule has 0 aromatic heterocycles. The number of hydrogen-bond donors (Lipinski definition) is 1. The third-order valence-corrected chi connectivity index (χ3v) is 3.42. The van der Waals surface area contributed by atoms with E-state index in [-0.39, 0.29) is 5.82 Å². The van der Waals surface area contributed by atoms with Crippen LogP contribution in [0.5, 0.6) is 0 Å². The smallest absolute Gasteiger partial charge is 0.123 e. The summed E-state index contributed by atoms with van der Waals surface area (Å²) in [6, 6.07) is 16.7. The van der Waals surface area contributed by atoms with Crippen LogP contribution in [0.1, 0.15) is 5.56 Å². The Morgan fingerprint density at radius 1 is 0.947 bits per heavy atom. The van der Waals surface area contributed by atoms with Gasteiger partial charge in [0.15, 0.2) is 0 Å². The highest BCUT2D eigenvalue weighted by Gasteiger charge is 2.10. The van der Waals surface area contributed by atoms with E-state index in [1.165, 1.54) is 12.1 Å². The first kappa shape index (κ1) is 11.7. The Kier molecular flexibility index (Phi) is 2.71. The lowest BCUT2D eigenvalue weighted by Gasteiger charge is -2.13. The van der Waals surface area contributed by atoms with Crippen LogP contribution in [0, 0.1) is 12.7 Å². The summed E-state index contributed by atoms with van der Waals surface area (Å²) in [4.78, 5) is 0. The van der Waals surface area contributed by atoms with Gasteiger partial charge in [-0.3, -0.25) is 0 Å². The zero-order chi connectivity index (χ0) is 13.4. The summed E-state index contributed by atoms with van der Waals surface area (Å²) in [7, 11) is 0. The van der Waals surface area contributed by atoms with Crippen molar-refractivity contribution in [1.29, 1.82) is 0 Å². The molecule has 0 aliphatic rings. The van der Waals surface area contributed by atoms with E-state index in [2.05, 4.69) is 6.07 Å². The van der Waals surface area contributed by atoms with Crippen molar-refractivity contribution in [2.45, 2.75) is 6.92 Å². The van der Waals surface area contributed by atoms with Gasteiger partial charge >= 0.3 is 0 Å². The number of benzene rings is 3. The van der Waals surface area contributed by atoms with Crippen LogP contribution in [0.15, 0.2) is 54.6 Å². The second-order valence-corrected chi connectivity index (χ2v) is 4.71. The lowest BCUT2D eigenvalue weighted by atomic mass is 9.93. The van der Waals surface area contributed by atoms with Crippen molar-refractivity contribution in [2.24, 2.45) is 0 Å². The first-order valence-electron chi connectivity index (χ1n) is 6.20. The molecule has 2 heteroatoms. The predicted molar refractivity (Wildman–Crippen MR) is 78.5 cm³/mol. The van der Waals surface area contributed by atoms with Crippen LogP contribution < -0.4 is 5.73 Å². The number of halogens is 1. The molecule has 0 atom stereocenters. The Morgan fingerprint density at radius 3 is 2.58 bits per heavy atom. The summed E-state index contributed by atoms with van der Waals surface area (Å²) < 4.78 is 13.5. The molecule has 0 amide bonds. The lowest BCUT2D eigenvalue weighted by Crippen LogP contribution is -1.94. The van der Waals surface area contributed by atoms with Gasteiger partial charge in [-0.2, -0.15) is 0 Å². The molecule has 0 saturated carbocycles. The zero-order valence-corrected chi connectivity index (χ0v) is 10.7. The van der Waals surface area contributed by atoms with Crippen LogP contribution in [-0.4, -0.2) is 0 Å². The minimum absolute atomic E-state index is 0.267. The van der Waals surface area contributed by atoms with E-state index in [1.54, 1.807) is 6.07 Å². The maximum atomic E-state index is 13.5. The SMILES string of the molecule is Cc1ccc2ccccc2c1-c1cc(F)ccc1N. The molecule has 0 heterocycles. The molecule has 0 spiro atoms. The first-order valence-corrected chi connectivity index (χ1v) is 6.20. The maximum absolute atomic E-state index is 13.5. The molecule has 19 heavy (non-hydrogen) atoms. The van der Waals surface area contributed by atoms with Gasteiger partial charge < -0.3 is 5.73 Å². The lowest BCUT2D eigenvalue weighted by molar-refractivity contribution is 0.628. The molecule has 94 valence electrons. The molecule has 3 aromatic carbocycles. The van der Waals surface area contributed by atoms with Crippen molar-refractivity contribution in [1.82, 2.24) is 0 Å². The van der Waals surface area contributed by atoms with E-state index >= 15 is 0 Å². The molecule has 0 radical (unpaired) electrons. The van der Waals surface area contributed by atoms with E-state index in [0.717, 1.165) is 27.5 Å². The van der Waals surface area contributed by atoms with E-state index < -0.39 is 0 Å². The van der Waals surface area contributed by atoms with Crippen LogP contribution in [0.2, 0.25) is 0 Å². The molecule has 2 N–H and O–H groups in total. The van der Waals surface area contributed by atoms with Gasteiger partial charge in [-0.05, 0) is 47.0 Å². The van der Waals surface area contributed by atoms with Gasteiger partial charge in [0.25, 0.3) is 0 Å². The molecule has 0 saturated heterocycles. The summed E-state index contributed by atoms with van der Waals surface area (Å²) in [5.74, 6) is -0.267. The van der Waals surface area contributed by atoms with E-state index in [0.29, 0.717) is 5.69 Å². The zero-order valence-electron chi connectivity index (χ0n) is 10.7. The van der Waals surface area contributed by atoms with Crippen molar-refractivity contribution in [3.63, 3.8) is 0 Å². The van der Waals surface area contributed by atoms with E-state index in [9.17, 15) is 4.39 Å². The van der Waals surface area contributed by atoms with Crippen LogP contribution >= 0.6 is 0 Å². The fraction of sp³-hybridized carbons (Fsp3) is 0.0588. The Bertz CT molecular complexity index is 762. The second-order valence-electron chi connectivity index (χ2n) is 4.71. The predicted octanol–water partition coefficient (Wildman–Crippen LogP) is 4.54. The number of fused-ring (bicyclic) bond motifs is 1. The highest BCUT2D eigenvalue weighted by molar-refractivity contribution is 6.00. The number of nitrogen functional groups attached to an aromatic ring is 1. The van der Waals surface area contributed by atoms with Gasteiger partial charge in [0.1, 0.15) is 5.82 Å². The van der Waals surface area contributed by atoms with Gasteiger partial charge in [-0.15, -0.1) is 0 Å². The summed E-state index contributed by atoms with van der Waals surface area (Å²) in [5.41, 5.74) is 9.47. The fourth-order valence-corrected chi connectivity index (χ4v) is 2.48. The number of nitrogens with two attached hydrogens (primary N) is 1. The topological polar surface area (TPSA) is 26.0 Å². The van der Waals surface area contributed by atoms with Crippen LogP contribution in [0.3, 0.4) is 0 Å². The van der Waals surface area contributed by atoms with Gasteiger partial charge in [0, 0.05) is 11.3 Å². The Labute approximate surface area is 111 Å². The standard InChI is InChI=1S/C17H14FN/c1-11-6-7-12-4-2-3-5-14(12)17(11)15-10-13(18)8-9-16(15)19/h2-10H,19H2,1H3. The highest BCUT2D eigenvalue weighted by Crippen LogP contribution is 2.35.